The second-order valence-corrected chi connectivity index (χ2v) is 8.33. The molecular formula is C30H20N4. The van der Waals surface area contributed by atoms with Crippen molar-refractivity contribution in [1.82, 2.24) is 19.1 Å². The molecule has 0 saturated carbocycles. The number of aromatic nitrogens is 4. The second kappa shape index (κ2) is 7.42. The number of hydrogen-bond acceptors (Lipinski definition) is 2. The summed E-state index contributed by atoms with van der Waals surface area (Å²) < 4.78 is 4.73. The van der Waals surface area contributed by atoms with Crippen LogP contribution in [0.15, 0.2) is 122 Å². The molecule has 7 rings (SSSR count). The zero-order chi connectivity index (χ0) is 22.5. The molecule has 0 radical (unpaired) electrons. The van der Waals surface area contributed by atoms with Crippen LogP contribution in [0.4, 0.5) is 0 Å². The fraction of sp³-hybridized carbons (Fsp3) is 0. The van der Waals surface area contributed by atoms with E-state index < -0.39 is 0 Å². The summed E-state index contributed by atoms with van der Waals surface area (Å²) in [4.78, 5) is 9.14. The van der Waals surface area contributed by atoms with E-state index in [-0.39, 0.29) is 0 Å². The van der Waals surface area contributed by atoms with Crippen molar-refractivity contribution >= 4 is 32.8 Å². The number of fused-ring (bicyclic) bond motifs is 5. The summed E-state index contributed by atoms with van der Waals surface area (Å²) in [5, 5.41) is 3.72. The van der Waals surface area contributed by atoms with Gasteiger partial charge in [-0.05, 0) is 42.5 Å². The first-order valence-electron chi connectivity index (χ1n) is 11.4. The van der Waals surface area contributed by atoms with Gasteiger partial charge in [-0.1, -0.05) is 66.7 Å². The third-order valence-electron chi connectivity index (χ3n) is 6.44. The van der Waals surface area contributed by atoms with Crippen LogP contribution in [0.3, 0.4) is 0 Å². The van der Waals surface area contributed by atoms with E-state index in [4.69, 9.17) is 0 Å². The molecule has 4 aromatic carbocycles. The first-order valence-corrected chi connectivity index (χ1v) is 11.4. The van der Waals surface area contributed by atoms with E-state index in [9.17, 15) is 0 Å². The van der Waals surface area contributed by atoms with Gasteiger partial charge in [-0.15, -0.1) is 0 Å². The Morgan fingerprint density at radius 3 is 1.82 bits per heavy atom. The summed E-state index contributed by atoms with van der Waals surface area (Å²) in [6.07, 6.45) is 3.59. The number of benzene rings is 4. The SMILES string of the molecule is c1ccc(-n2c3ccccc3c3c4ccccc4n(-c4ccccc4-c4ncccn4)c32)cc1. The van der Waals surface area contributed by atoms with E-state index in [1.807, 2.05) is 12.1 Å². The quantitative estimate of drug-likeness (QED) is 0.294. The maximum Gasteiger partial charge on any atom is 0.161 e. The van der Waals surface area contributed by atoms with Crippen molar-refractivity contribution in [2.75, 3.05) is 0 Å². The molecule has 0 fully saturated rings. The molecule has 7 aromatic rings. The van der Waals surface area contributed by atoms with Crippen molar-refractivity contribution in [3.05, 3.63) is 122 Å². The topological polar surface area (TPSA) is 35.6 Å². The molecule has 160 valence electrons. The first kappa shape index (κ1) is 18.8. The van der Waals surface area contributed by atoms with Crippen molar-refractivity contribution in [2.24, 2.45) is 0 Å². The van der Waals surface area contributed by atoms with Crippen LogP contribution in [0.25, 0.3) is 55.6 Å². The second-order valence-electron chi connectivity index (χ2n) is 8.33. The normalized spacial score (nSPS) is 11.5. The monoisotopic (exact) mass is 436 g/mol. The minimum absolute atomic E-state index is 0.714. The fourth-order valence-corrected chi connectivity index (χ4v) is 5.08. The molecule has 4 heteroatoms. The molecule has 4 nitrogen and oxygen atoms in total. The predicted octanol–water partition coefficient (Wildman–Crippen LogP) is 7.18. The summed E-state index contributed by atoms with van der Waals surface area (Å²) >= 11 is 0. The highest BCUT2D eigenvalue weighted by Crippen LogP contribution is 2.41. The summed E-state index contributed by atoms with van der Waals surface area (Å²) in [6.45, 7) is 0. The van der Waals surface area contributed by atoms with Crippen molar-refractivity contribution in [2.45, 2.75) is 0 Å². The number of nitrogens with zero attached hydrogens (tertiary/aromatic N) is 4. The van der Waals surface area contributed by atoms with Gasteiger partial charge in [0.1, 0.15) is 5.65 Å². The molecule has 34 heavy (non-hydrogen) atoms. The lowest BCUT2D eigenvalue weighted by atomic mass is 10.1. The lowest BCUT2D eigenvalue weighted by Gasteiger charge is -2.15. The highest BCUT2D eigenvalue weighted by atomic mass is 15.1. The van der Waals surface area contributed by atoms with E-state index in [0.717, 1.165) is 28.1 Å². The fourth-order valence-electron chi connectivity index (χ4n) is 5.08. The van der Waals surface area contributed by atoms with Gasteiger partial charge in [-0.25, -0.2) is 9.97 Å². The molecule has 0 atom stereocenters. The van der Waals surface area contributed by atoms with Crippen LogP contribution in [-0.2, 0) is 0 Å². The smallest absolute Gasteiger partial charge is 0.161 e. The van der Waals surface area contributed by atoms with Crippen LogP contribution in [0, 0.1) is 0 Å². The van der Waals surface area contributed by atoms with Gasteiger partial charge in [-0.2, -0.15) is 0 Å². The molecular weight excluding hydrogens is 416 g/mol. The van der Waals surface area contributed by atoms with Crippen LogP contribution < -0.4 is 0 Å². The summed E-state index contributed by atoms with van der Waals surface area (Å²) in [7, 11) is 0. The van der Waals surface area contributed by atoms with Crippen molar-refractivity contribution in [3.8, 4) is 22.8 Å². The Bertz CT molecular complexity index is 1790. The third kappa shape index (κ3) is 2.66. The molecule has 0 spiro atoms. The highest BCUT2D eigenvalue weighted by Gasteiger charge is 2.23. The molecule has 0 aliphatic carbocycles. The molecule has 3 heterocycles. The van der Waals surface area contributed by atoms with E-state index in [0.29, 0.717) is 5.82 Å². The van der Waals surface area contributed by atoms with Gasteiger partial charge < -0.3 is 0 Å². The van der Waals surface area contributed by atoms with Crippen LogP contribution >= 0.6 is 0 Å². The van der Waals surface area contributed by atoms with E-state index in [2.05, 4.69) is 116 Å². The molecule has 0 saturated heterocycles. The summed E-state index contributed by atoms with van der Waals surface area (Å²) in [5.74, 6) is 0.714. The van der Waals surface area contributed by atoms with Crippen molar-refractivity contribution in [3.63, 3.8) is 0 Å². The maximum atomic E-state index is 4.57. The predicted molar refractivity (Wildman–Crippen MR) is 139 cm³/mol. The lowest BCUT2D eigenvalue weighted by molar-refractivity contribution is 1.06. The Morgan fingerprint density at radius 2 is 1.09 bits per heavy atom. The van der Waals surface area contributed by atoms with Crippen LogP contribution in [-0.4, -0.2) is 19.1 Å². The minimum Gasteiger partial charge on any atom is -0.295 e. The number of hydrogen-bond donors (Lipinski definition) is 0. The maximum absolute atomic E-state index is 4.57. The van der Waals surface area contributed by atoms with Crippen LogP contribution in [0.5, 0.6) is 0 Å². The van der Waals surface area contributed by atoms with Gasteiger partial charge in [0.15, 0.2) is 5.82 Å². The zero-order valence-corrected chi connectivity index (χ0v) is 18.3. The standard InChI is InChI=1S/C30H20N4/c1-2-11-21(12-3-1)33-25-16-7-4-13-22(25)28-23-14-5-8-17-26(23)34(30(28)33)27-18-9-6-15-24(27)29-31-19-10-20-32-29/h1-20H. The minimum atomic E-state index is 0.714. The summed E-state index contributed by atoms with van der Waals surface area (Å²) in [6, 6.07) is 38.1. The molecule has 0 aliphatic rings. The molecule has 3 aromatic heterocycles. The number of para-hydroxylation sites is 4. The average Bonchev–Trinajstić information content (AvgIpc) is 3.42. The Kier molecular flexibility index (Phi) is 4.11. The molecule has 0 unspecified atom stereocenters. The number of rotatable bonds is 3. The van der Waals surface area contributed by atoms with Gasteiger partial charge >= 0.3 is 0 Å². The molecule has 0 N–H and O–H groups in total. The van der Waals surface area contributed by atoms with Gasteiger partial charge in [0.2, 0.25) is 0 Å². The van der Waals surface area contributed by atoms with E-state index >= 15 is 0 Å². The average molecular weight is 437 g/mol. The Morgan fingerprint density at radius 1 is 0.500 bits per heavy atom. The lowest BCUT2D eigenvalue weighted by Crippen LogP contribution is -2.03. The zero-order valence-electron chi connectivity index (χ0n) is 18.3. The van der Waals surface area contributed by atoms with Gasteiger partial charge in [0, 0.05) is 39.8 Å². The largest absolute Gasteiger partial charge is 0.295 e. The Labute approximate surface area is 196 Å². The Hall–Kier alpha value is -4.70. The van der Waals surface area contributed by atoms with Crippen LogP contribution in [0.2, 0.25) is 0 Å². The van der Waals surface area contributed by atoms with E-state index in [1.54, 1.807) is 12.4 Å². The highest BCUT2D eigenvalue weighted by molar-refractivity contribution is 6.22. The molecule has 0 amide bonds. The Balaban J connectivity index is 1.72. The molecule has 0 bridgehead atoms. The first-order chi connectivity index (χ1) is 16.9. The van der Waals surface area contributed by atoms with Crippen molar-refractivity contribution in [1.29, 1.82) is 0 Å². The summed E-state index contributed by atoms with van der Waals surface area (Å²) in [5.41, 5.74) is 6.66. The van der Waals surface area contributed by atoms with E-state index in [1.165, 1.54) is 21.7 Å². The van der Waals surface area contributed by atoms with Gasteiger partial charge in [0.25, 0.3) is 0 Å². The van der Waals surface area contributed by atoms with Crippen LogP contribution in [0.1, 0.15) is 0 Å². The van der Waals surface area contributed by atoms with Gasteiger partial charge in [-0.3, -0.25) is 9.13 Å². The molecule has 0 aliphatic heterocycles. The third-order valence-corrected chi connectivity index (χ3v) is 6.44. The van der Waals surface area contributed by atoms with Crippen molar-refractivity contribution < 1.29 is 0 Å². The van der Waals surface area contributed by atoms with Gasteiger partial charge in [0.05, 0.1) is 16.7 Å².